The normalized spacial score (nSPS) is 12.6. The van der Waals surface area contributed by atoms with E-state index in [2.05, 4.69) is 4.99 Å². The first-order valence-corrected chi connectivity index (χ1v) is 4.41. The molecule has 0 aliphatic carbocycles. The van der Waals surface area contributed by atoms with Crippen molar-refractivity contribution in [3.63, 3.8) is 0 Å². The van der Waals surface area contributed by atoms with Crippen LogP contribution >= 0.6 is 0 Å². The average molecular weight is 198 g/mol. The maximum absolute atomic E-state index is 8.69. The Labute approximate surface area is 88.3 Å². The van der Waals surface area contributed by atoms with Gasteiger partial charge in [0.05, 0.1) is 12.6 Å². The molecule has 0 fully saturated rings. The second-order valence-electron chi connectivity index (χ2n) is 2.91. The molecule has 1 aromatic carbocycles. The molecule has 0 aliphatic heterocycles. The molecule has 4 nitrogen and oxygen atoms in total. The largest absolute Gasteiger partial charge is 0.310 e. The Kier molecular flexibility index (Phi) is 4.03. The van der Waals surface area contributed by atoms with Crippen LogP contribution in [-0.2, 0) is 6.54 Å². The van der Waals surface area contributed by atoms with Crippen LogP contribution in [0.5, 0.6) is 0 Å². The average Bonchev–Trinajstić information content (AvgIpc) is 2.31. The minimum absolute atomic E-state index is 0.0707. The van der Waals surface area contributed by atoms with Crippen LogP contribution < -0.4 is 5.73 Å². The van der Waals surface area contributed by atoms with E-state index in [4.69, 9.17) is 16.3 Å². The summed E-state index contributed by atoms with van der Waals surface area (Å²) in [7, 11) is 0. The van der Waals surface area contributed by atoms with Gasteiger partial charge in [0, 0.05) is 0 Å². The zero-order valence-electron chi connectivity index (χ0n) is 8.09. The summed E-state index contributed by atoms with van der Waals surface area (Å²) in [4.78, 5) is 3.99. The molecule has 1 aromatic rings. The molecule has 0 aliphatic rings. The number of rotatable bonds is 3. The highest BCUT2D eigenvalue weighted by Crippen LogP contribution is 2.00. The summed E-state index contributed by atoms with van der Waals surface area (Å²) in [5, 5.41) is 17.2. The van der Waals surface area contributed by atoms with Crippen molar-refractivity contribution in [2.45, 2.75) is 12.6 Å². The van der Waals surface area contributed by atoms with Gasteiger partial charge in [0.2, 0.25) is 0 Å². The maximum Gasteiger partial charge on any atom is 0.145 e. The zero-order chi connectivity index (χ0) is 11.1. The molecule has 15 heavy (non-hydrogen) atoms. The molecule has 0 spiro atoms. The first-order valence-electron chi connectivity index (χ1n) is 4.41. The fourth-order valence-corrected chi connectivity index (χ4v) is 1.02. The van der Waals surface area contributed by atoms with E-state index in [1.165, 1.54) is 0 Å². The number of nitrogens with zero attached hydrogens (tertiary/aromatic N) is 3. The fourth-order valence-electron chi connectivity index (χ4n) is 1.02. The van der Waals surface area contributed by atoms with Crippen molar-refractivity contribution < 1.29 is 0 Å². The minimum atomic E-state index is -0.932. The standard InChI is InChI=1S/C11H10N4/c12-6-10(14)11(7-13)15-8-9-4-2-1-3-5-9/h1-5,10H,8,14H2. The quantitative estimate of drug-likeness (QED) is 0.735. The van der Waals surface area contributed by atoms with Crippen LogP contribution in [0.25, 0.3) is 0 Å². The van der Waals surface area contributed by atoms with Crippen LogP contribution in [0, 0.1) is 22.7 Å². The molecule has 0 radical (unpaired) electrons. The SMILES string of the molecule is N#CC(=NCc1ccccc1)C(N)C#N. The summed E-state index contributed by atoms with van der Waals surface area (Å²) in [5.74, 6) is 0. The molecule has 1 atom stereocenters. The van der Waals surface area contributed by atoms with E-state index in [0.717, 1.165) is 5.56 Å². The van der Waals surface area contributed by atoms with Crippen LogP contribution in [0.1, 0.15) is 5.56 Å². The molecule has 0 saturated carbocycles. The van der Waals surface area contributed by atoms with Gasteiger partial charge in [-0.3, -0.25) is 4.99 Å². The Morgan fingerprint density at radius 2 is 2.00 bits per heavy atom. The fraction of sp³-hybridized carbons (Fsp3) is 0.182. The van der Waals surface area contributed by atoms with Crippen LogP contribution in [0.2, 0.25) is 0 Å². The van der Waals surface area contributed by atoms with Gasteiger partial charge in [0.1, 0.15) is 17.8 Å². The summed E-state index contributed by atoms with van der Waals surface area (Å²) in [5.41, 5.74) is 6.43. The number of nitriles is 2. The number of benzene rings is 1. The lowest BCUT2D eigenvalue weighted by Gasteiger charge is -1.99. The van der Waals surface area contributed by atoms with Crippen LogP contribution in [0.4, 0.5) is 0 Å². The lowest BCUT2D eigenvalue weighted by molar-refractivity contribution is 1.02. The third-order valence-electron chi connectivity index (χ3n) is 1.82. The van der Waals surface area contributed by atoms with E-state index in [-0.39, 0.29) is 5.71 Å². The predicted molar refractivity (Wildman–Crippen MR) is 56.8 cm³/mol. The Bertz CT molecular complexity index is 422. The molecular weight excluding hydrogens is 188 g/mol. The van der Waals surface area contributed by atoms with Crippen molar-refractivity contribution in [3.05, 3.63) is 35.9 Å². The van der Waals surface area contributed by atoms with Gasteiger partial charge in [-0.25, -0.2) is 0 Å². The first kappa shape index (κ1) is 10.9. The minimum Gasteiger partial charge on any atom is -0.310 e. The van der Waals surface area contributed by atoms with Crippen molar-refractivity contribution in [1.29, 1.82) is 10.5 Å². The van der Waals surface area contributed by atoms with Crippen molar-refractivity contribution >= 4 is 5.71 Å². The van der Waals surface area contributed by atoms with E-state index >= 15 is 0 Å². The number of nitrogens with two attached hydrogens (primary N) is 1. The van der Waals surface area contributed by atoms with Crippen LogP contribution in [0.15, 0.2) is 35.3 Å². The lowest BCUT2D eigenvalue weighted by atomic mass is 10.2. The molecule has 0 aromatic heterocycles. The summed E-state index contributed by atoms with van der Waals surface area (Å²) in [6, 6.07) is 12.2. The Morgan fingerprint density at radius 3 is 2.53 bits per heavy atom. The predicted octanol–water partition coefficient (Wildman–Crippen LogP) is 1.00. The zero-order valence-corrected chi connectivity index (χ0v) is 8.09. The molecule has 0 amide bonds. The molecule has 74 valence electrons. The Morgan fingerprint density at radius 1 is 1.33 bits per heavy atom. The van der Waals surface area contributed by atoms with Crippen LogP contribution in [0.3, 0.4) is 0 Å². The smallest absolute Gasteiger partial charge is 0.145 e. The van der Waals surface area contributed by atoms with Crippen molar-refractivity contribution in [1.82, 2.24) is 0 Å². The summed E-state index contributed by atoms with van der Waals surface area (Å²) < 4.78 is 0. The maximum atomic E-state index is 8.69. The van der Waals surface area contributed by atoms with E-state index in [0.29, 0.717) is 6.54 Å². The van der Waals surface area contributed by atoms with Gasteiger partial charge in [-0.2, -0.15) is 10.5 Å². The van der Waals surface area contributed by atoms with Gasteiger partial charge < -0.3 is 5.73 Å². The highest BCUT2D eigenvalue weighted by Gasteiger charge is 2.07. The highest BCUT2D eigenvalue weighted by molar-refractivity contribution is 6.04. The van der Waals surface area contributed by atoms with Gasteiger partial charge in [0.15, 0.2) is 0 Å². The highest BCUT2D eigenvalue weighted by atomic mass is 14.8. The molecule has 0 saturated heterocycles. The topological polar surface area (TPSA) is 86.0 Å². The summed E-state index contributed by atoms with van der Waals surface area (Å²) in [6.07, 6.45) is 0. The van der Waals surface area contributed by atoms with Gasteiger partial charge in [-0.05, 0) is 5.56 Å². The van der Waals surface area contributed by atoms with Gasteiger partial charge in [-0.1, -0.05) is 30.3 Å². The van der Waals surface area contributed by atoms with Gasteiger partial charge >= 0.3 is 0 Å². The lowest BCUT2D eigenvalue weighted by Crippen LogP contribution is -2.27. The molecule has 4 heteroatoms. The molecule has 1 rings (SSSR count). The monoisotopic (exact) mass is 198 g/mol. The molecular formula is C11H10N4. The number of aliphatic imine (C=N–C) groups is 1. The molecule has 0 bridgehead atoms. The Hall–Kier alpha value is -2.17. The summed E-state index contributed by atoms with van der Waals surface area (Å²) in [6.45, 7) is 0.374. The third-order valence-corrected chi connectivity index (χ3v) is 1.82. The van der Waals surface area contributed by atoms with Crippen LogP contribution in [-0.4, -0.2) is 11.8 Å². The van der Waals surface area contributed by atoms with Gasteiger partial charge in [0.25, 0.3) is 0 Å². The van der Waals surface area contributed by atoms with E-state index in [1.54, 1.807) is 6.07 Å². The van der Waals surface area contributed by atoms with E-state index in [9.17, 15) is 0 Å². The Balaban J connectivity index is 2.73. The first-order chi connectivity index (χ1) is 7.27. The number of hydrogen-bond donors (Lipinski definition) is 1. The number of hydrogen-bond acceptors (Lipinski definition) is 4. The molecule has 2 N–H and O–H groups in total. The van der Waals surface area contributed by atoms with Crippen molar-refractivity contribution in [2.75, 3.05) is 0 Å². The summed E-state index contributed by atoms with van der Waals surface area (Å²) >= 11 is 0. The second-order valence-corrected chi connectivity index (χ2v) is 2.91. The van der Waals surface area contributed by atoms with Gasteiger partial charge in [-0.15, -0.1) is 0 Å². The second kappa shape index (κ2) is 5.54. The molecule has 0 heterocycles. The van der Waals surface area contributed by atoms with Crippen molar-refractivity contribution in [2.24, 2.45) is 10.7 Å². The molecule has 1 unspecified atom stereocenters. The van der Waals surface area contributed by atoms with Crippen molar-refractivity contribution in [3.8, 4) is 12.1 Å². The van der Waals surface area contributed by atoms with E-state index < -0.39 is 6.04 Å². The van der Waals surface area contributed by atoms with E-state index in [1.807, 2.05) is 36.4 Å². The third kappa shape index (κ3) is 3.22.